The number of imidazole rings is 1. The SMILES string of the molecule is CCOC(=O)c1ccc(-c2ncn(C)c2Sc2ccc(Cl)cn2)cc1. The molecular weight excluding hydrogens is 358 g/mol. The first kappa shape index (κ1) is 17.5. The Labute approximate surface area is 155 Å². The number of esters is 1. The second-order valence-electron chi connectivity index (χ2n) is 5.22. The summed E-state index contributed by atoms with van der Waals surface area (Å²) in [6, 6.07) is 10.9. The van der Waals surface area contributed by atoms with Crippen molar-refractivity contribution in [2.24, 2.45) is 7.05 Å². The maximum Gasteiger partial charge on any atom is 0.338 e. The zero-order valence-electron chi connectivity index (χ0n) is 13.8. The summed E-state index contributed by atoms with van der Waals surface area (Å²) in [4.78, 5) is 20.6. The average Bonchev–Trinajstić information content (AvgIpc) is 2.98. The normalized spacial score (nSPS) is 10.7. The van der Waals surface area contributed by atoms with Crippen molar-refractivity contribution in [3.63, 3.8) is 0 Å². The van der Waals surface area contributed by atoms with Crippen molar-refractivity contribution in [1.82, 2.24) is 14.5 Å². The first-order valence-electron chi connectivity index (χ1n) is 7.66. The number of hydrogen-bond donors (Lipinski definition) is 0. The minimum Gasteiger partial charge on any atom is -0.462 e. The molecule has 0 unspecified atom stereocenters. The zero-order valence-corrected chi connectivity index (χ0v) is 15.3. The molecule has 3 rings (SSSR count). The van der Waals surface area contributed by atoms with Gasteiger partial charge in [-0.1, -0.05) is 23.7 Å². The molecule has 128 valence electrons. The Morgan fingerprint density at radius 3 is 2.60 bits per heavy atom. The molecule has 0 N–H and O–H groups in total. The molecule has 0 radical (unpaired) electrons. The number of aryl methyl sites for hydroxylation is 1. The summed E-state index contributed by atoms with van der Waals surface area (Å²) in [6.07, 6.45) is 3.38. The lowest BCUT2D eigenvalue weighted by Gasteiger charge is -2.07. The van der Waals surface area contributed by atoms with Crippen LogP contribution in [0.5, 0.6) is 0 Å². The number of benzene rings is 1. The summed E-state index contributed by atoms with van der Waals surface area (Å²) >= 11 is 7.40. The van der Waals surface area contributed by atoms with Gasteiger partial charge in [-0.05, 0) is 43.0 Å². The van der Waals surface area contributed by atoms with Crippen LogP contribution in [0.1, 0.15) is 17.3 Å². The molecule has 2 heterocycles. The highest BCUT2D eigenvalue weighted by Gasteiger charge is 2.14. The lowest BCUT2D eigenvalue weighted by Crippen LogP contribution is -2.04. The molecule has 0 fully saturated rings. The van der Waals surface area contributed by atoms with Crippen LogP contribution >= 0.6 is 23.4 Å². The van der Waals surface area contributed by atoms with Gasteiger partial charge in [0.25, 0.3) is 0 Å². The molecule has 1 aromatic carbocycles. The van der Waals surface area contributed by atoms with Gasteiger partial charge in [-0.25, -0.2) is 14.8 Å². The number of pyridine rings is 1. The van der Waals surface area contributed by atoms with Gasteiger partial charge in [-0.2, -0.15) is 0 Å². The van der Waals surface area contributed by atoms with Crippen molar-refractivity contribution in [3.05, 3.63) is 59.5 Å². The minimum atomic E-state index is -0.324. The van der Waals surface area contributed by atoms with Crippen LogP contribution in [0.3, 0.4) is 0 Å². The number of hydrogen-bond acceptors (Lipinski definition) is 5. The van der Waals surface area contributed by atoms with Crippen LogP contribution < -0.4 is 0 Å². The third kappa shape index (κ3) is 4.03. The summed E-state index contributed by atoms with van der Waals surface area (Å²) in [5.41, 5.74) is 2.28. The summed E-state index contributed by atoms with van der Waals surface area (Å²) in [7, 11) is 1.93. The lowest BCUT2D eigenvalue weighted by atomic mass is 10.1. The molecule has 0 aliphatic carbocycles. The Bertz CT molecular complexity index is 876. The molecule has 0 saturated heterocycles. The molecule has 0 aliphatic heterocycles. The van der Waals surface area contributed by atoms with E-state index in [0.29, 0.717) is 17.2 Å². The predicted octanol–water partition coefficient (Wildman–Crippen LogP) is 4.46. The van der Waals surface area contributed by atoms with Gasteiger partial charge >= 0.3 is 5.97 Å². The fourth-order valence-electron chi connectivity index (χ4n) is 2.24. The van der Waals surface area contributed by atoms with Gasteiger partial charge in [0, 0.05) is 18.8 Å². The molecule has 25 heavy (non-hydrogen) atoms. The molecule has 0 amide bonds. The van der Waals surface area contributed by atoms with Crippen LogP contribution in [0.15, 0.2) is 59.0 Å². The monoisotopic (exact) mass is 373 g/mol. The molecule has 0 aliphatic rings. The number of aromatic nitrogens is 3. The third-order valence-electron chi connectivity index (χ3n) is 3.45. The van der Waals surface area contributed by atoms with Crippen LogP contribution in [-0.4, -0.2) is 27.1 Å². The van der Waals surface area contributed by atoms with Crippen molar-refractivity contribution in [1.29, 1.82) is 0 Å². The number of carbonyl (C=O) groups excluding carboxylic acids is 1. The highest BCUT2D eigenvalue weighted by molar-refractivity contribution is 7.99. The van der Waals surface area contributed by atoms with E-state index in [-0.39, 0.29) is 5.97 Å². The summed E-state index contributed by atoms with van der Waals surface area (Å²) in [6.45, 7) is 2.14. The summed E-state index contributed by atoms with van der Waals surface area (Å²) in [5, 5.41) is 2.39. The van der Waals surface area contributed by atoms with Gasteiger partial charge < -0.3 is 9.30 Å². The Morgan fingerprint density at radius 2 is 1.96 bits per heavy atom. The Balaban J connectivity index is 1.88. The maximum absolute atomic E-state index is 11.8. The number of halogens is 1. The molecule has 0 atom stereocenters. The largest absolute Gasteiger partial charge is 0.462 e. The standard InChI is InChI=1S/C18H16ClN3O2S/c1-3-24-18(23)13-6-4-12(5-7-13)16-17(22(2)11-21-16)25-15-9-8-14(19)10-20-15/h4-11H,3H2,1-2H3. The Kier molecular flexibility index (Phi) is 5.40. The molecular formula is C18H16ClN3O2S. The van der Waals surface area contributed by atoms with E-state index < -0.39 is 0 Å². The lowest BCUT2D eigenvalue weighted by molar-refractivity contribution is 0.0526. The van der Waals surface area contributed by atoms with Crippen molar-refractivity contribution in [3.8, 4) is 11.3 Å². The molecule has 5 nitrogen and oxygen atoms in total. The predicted molar refractivity (Wildman–Crippen MR) is 98.0 cm³/mol. The van der Waals surface area contributed by atoms with E-state index in [1.165, 1.54) is 11.8 Å². The fraction of sp³-hybridized carbons (Fsp3) is 0.167. The van der Waals surface area contributed by atoms with E-state index in [2.05, 4.69) is 9.97 Å². The quantitative estimate of drug-likeness (QED) is 0.618. The van der Waals surface area contributed by atoms with E-state index in [4.69, 9.17) is 16.3 Å². The number of rotatable bonds is 5. The van der Waals surface area contributed by atoms with Crippen LogP contribution in [-0.2, 0) is 11.8 Å². The van der Waals surface area contributed by atoms with Gasteiger partial charge in [-0.15, -0.1) is 0 Å². The van der Waals surface area contributed by atoms with E-state index in [1.54, 1.807) is 37.6 Å². The highest BCUT2D eigenvalue weighted by atomic mass is 35.5. The van der Waals surface area contributed by atoms with Crippen LogP contribution in [0, 0.1) is 0 Å². The summed E-state index contributed by atoms with van der Waals surface area (Å²) < 4.78 is 6.95. The third-order valence-corrected chi connectivity index (χ3v) is 4.80. The second-order valence-corrected chi connectivity index (χ2v) is 6.67. The molecule has 0 bridgehead atoms. The topological polar surface area (TPSA) is 57.0 Å². The Morgan fingerprint density at radius 1 is 1.20 bits per heavy atom. The van der Waals surface area contributed by atoms with Crippen molar-refractivity contribution in [2.75, 3.05) is 6.61 Å². The molecule has 0 spiro atoms. The first-order valence-corrected chi connectivity index (χ1v) is 8.86. The molecule has 0 saturated carbocycles. The van der Waals surface area contributed by atoms with E-state index in [0.717, 1.165) is 21.3 Å². The summed E-state index contributed by atoms with van der Waals surface area (Å²) in [5.74, 6) is -0.324. The fourth-order valence-corrected chi connectivity index (χ4v) is 3.25. The van der Waals surface area contributed by atoms with Gasteiger partial charge in [0.05, 0.1) is 23.5 Å². The van der Waals surface area contributed by atoms with Gasteiger partial charge in [0.2, 0.25) is 0 Å². The van der Waals surface area contributed by atoms with Crippen LogP contribution in [0.2, 0.25) is 5.02 Å². The van der Waals surface area contributed by atoms with Crippen molar-refractivity contribution < 1.29 is 9.53 Å². The van der Waals surface area contributed by atoms with Crippen LogP contribution in [0.25, 0.3) is 11.3 Å². The van der Waals surface area contributed by atoms with Crippen molar-refractivity contribution >= 4 is 29.3 Å². The van der Waals surface area contributed by atoms with E-state index >= 15 is 0 Å². The zero-order chi connectivity index (χ0) is 17.8. The highest BCUT2D eigenvalue weighted by Crippen LogP contribution is 2.34. The number of carbonyl (C=O) groups is 1. The average molecular weight is 374 g/mol. The molecule has 2 aromatic heterocycles. The Hall–Kier alpha value is -2.31. The first-order chi connectivity index (χ1) is 12.1. The number of nitrogens with zero attached hydrogens (tertiary/aromatic N) is 3. The second kappa shape index (κ2) is 7.72. The van der Waals surface area contributed by atoms with Gasteiger partial charge in [0.15, 0.2) is 0 Å². The van der Waals surface area contributed by atoms with Crippen LogP contribution in [0.4, 0.5) is 0 Å². The minimum absolute atomic E-state index is 0.324. The number of ether oxygens (including phenoxy) is 1. The van der Waals surface area contributed by atoms with Gasteiger partial charge in [-0.3, -0.25) is 0 Å². The van der Waals surface area contributed by atoms with Crippen molar-refractivity contribution in [2.45, 2.75) is 17.0 Å². The molecule has 7 heteroatoms. The van der Waals surface area contributed by atoms with E-state index in [9.17, 15) is 4.79 Å². The smallest absolute Gasteiger partial charge is 0.338 e. The van der Waals surface area contributed by atoms with E-state index in [1.807, 2.05) is 29.8 Å². The molecule has 3 aromatic rings. The maximum atomic E-state index is 11.8. The van der Waals surface area contributed by atoms with Gasteiger partial charge in [0.1, 0.15) is 15.7 Å².